The van der Waals surface area contributed by atoms with Gasteiger partial charge in [-0.25, -0.2) is 0 Å². The van der Waals surface area contributed by atoms with Crippen LogP contribution in [0.1, 0.15) is 6.92 Å². The lowest BCUT2D eigenvalue weighted by molar-refractivity contribution is -0.0305. The van der Waals surface area contributed by atoms with Crippen molar-refractivity contribution in [2.75, 3.05) is 26.7 Å². The molecule has 5 heteroatoms. The Balaban J connectivity index is 3.01. The molecule has 72 valence electrons. The molecule has 0 aromatic rings. The van der Waals surface area contributed by atoms with E-state index in [1.165, 1.54) is 6.66 Å². The zero-order valence-electron chi connectivity index (χ0n) is 7.46. The van der Waals surface area contributed by atoms with Crippen molar-refractivity contribution in [2.45, 2.75) is 6.92 Å². The third-order valence-electron chi connectivity index (χ3n) is 0.922. The predicted octanol–water partition coefficient (Wildman–Crippen LogP) is 1.63. The summed E-state index contributed by atoms with van der Waals surface area (Å²) >= 11 is 0. The zero-order valence-corrected chi connectivity index (χ0v) is 8.46. The van der Waals surface area contributed by atoms with E-state index in [-0.39, 0.29) is 6.79 Å². The van der Waals surface area contributed by atoms with Crippen molar-refractivity contribution in [3.63, 3.8) is 0 Å². The van der Waals surface area contributed by atoms with Gasteiger partial charge in [-0.1, -0.05) is 6.58 Å². The van der Waals surface area contributed by atoms with Gasteiger partial charge in [0.15, 0.2) is 14.8 Å². The van der Waals surface area contributed by atoms with Gasteiger partial charge in [0.1, 0.15) is 0 Å². The molecule has 4 nitrogen and oxygen atoms in total. The molecule has 0 aliphatic heterocycles. The van der Waals surface area contributed by atoms with E-state index < -0.39 is 8.03 Å². The first kappa shape index (κ1) is 11.7. The number of allylic oxidation sites excluding steroid dienone is 1. The number of hydrogen-bond acceptors (Lipinski definition) is 4. The maximum Gasteiger partial charge on any atom is 0.188 e. The molecule has 0 aliphatic rings. The van der Waals surface area contributed by atoms with Gasteiger partial charge in [-0.05, 0) is 6.92 Å². The molecule has 0 heterocycles. The van der Waals surface area contributed by atoms with Crippen molar-refractivity contribution >= 4 is 8.03 Å². The second kappa shape index (κ2) is 7.35. The molecule has 0 aliphatic carbocycles. The zero-order chi connectivity index (χ0) is 9.40. The summed E-state index contributed by atoms with van der Waals surface area (Å²) in [6.45, 7) is 7.70. The summed E-state index contributed by atoms with van der Waals surface area (Å²) in [4.78, 5) is 0. The minimum absolute atomic E-state index is 0.170. The first-order valence-electron chi connectivity index (χ1n) is 3.62. The standard InChI is InChI=1S/C7H15O4P/c1-7(2)10-6-9-4-5-11-12(3)8/h12H,1,4-6H2,2-3H3. The fourth-order valence-corrected chi connectivity index (χ4v) is 0.816. The van der Waals surface area contributed by atoms with Gasteiger partial charge in [0.2, 0.25) is 0 Å². The van der Waals surface area contributed by atoms with Gasteiger partial charge < -0.3 is 14.0 Å². The summed E-state index contributed by atoms with van der Waals surface area (Å²) in [5, 5.41) is 0. The lowest BCUT2D eigenvalue weighted by atomic mass is 10.7. The topological polar surface area (TPSA) is 44.8 Å². The first-order valence-corrected chi connectivity index (χ1v) is 5.44. The van der Waals surface area contributed by atoms with E-state index in [0.29, 0.717) is 19.0 Å². The normalized spacial score (nSPS) is 12.5. The Morgan fingerprint density at radius 3 is 2.67 bits per heavy atom. The maximum atomic E-state index is 10.4. The minimum atomic E-state index is -1.83. The fourth-order valence-electron chi connectivity index (χ4n) is 0.446. The Bertz CT molecular complexity index is 139. The summed E-state index contributed by atoms with van der Waals surface area (Å²) in [6.07, 6.45) is 0. The number of ether oxygens (including phenoxy) is 2. The van der Waals surface area contributed by atoms with Crippen molar-refractivity contribution in [1.82, 2.24) is 0 Å². The van der Waals surface area contributed by atoms with Crippen LogP contribution >= 0.6 is 8.03 Å². The Labute approximate surface area is 73.4 Å². The van der Waals surface area contributed by atoms with Crippen LogP contribution in [0, 0.1) is 0 Å². The molecule has 0 fully saturated rings. The summed E-state index contributed by atoms with van der Waals surface area (Å²) in [5.41, 5.74) is 0. The van der Waals surface area contributed by atoms with Crippen LogP contribution in [0.25, 0.3) is 0 Å². The van der Waals surface area contributed by atoms with Gasteiger partial charge in [-0.15, -0.1) is 0 Å². The third-order valence-corrected chi connectivity index (χ3v) is 1.53. The molecule has 0 N–H and O–H groups in total. The van der Waals surface area contributed by atoms with Crippen LogP contribution in [0.15, 0.2) is 12.3 Å². The predicted molar refractivity (Wildman–Crippen MR) is 47.6 cm³/mol. The molecule has 0 aromatic carbocycles. The van der Waals surface area contributed by atoms with Crippen LogP contribution in [0.5, 0.6) is 0 Å². The number of hydrogen-bond donors (Lipinski definition) is 0. The Kier molecular flexibility index (Phi) is 7.16. The van der Waals surface area contributed by atoms with E-state index in [9.17, 15) is 4.57 Å². The van der Waals surface area contributed by atoms with Gasteiger partial charge in [-0.3, -0.25) is 4.57 Å². The van der Waals surface area contributed by atoms with Crippen LogP contribution in [0.4, 0.5) is 0 Å². The van der Waals surface area contributed by atoms with Crippen LogP contribution in [-0.2, 0) is 18.6 Å². The lowest BCUT2D eigenvalue weighted by Gasteiger charge is -2.05. The Morgan fingerprint density at radius 2 is 2.17 bits per heavy atom. The second-order valence-electron chi connectivity index (χ2n) is 2.21. The van der Waals surface area contributed by atoms with Gasteiger partial charge in [0, 0.05) is 6.66 Å². The molecule has 0 spiro atoms. The van der Waals surface area contributed by atoms with Gasteiger partial charge in [0.25, 0.3) is 0 Å². The van der Waals surface area contributed by atoms with Crippen LogP contribution < -0.4 is 0 Å². The lowest BCUT2D eigenvalue weighted by Crippen LogP contribution is -2.04. The summed E-state index contributed by atoms with van der Waals surface area (Å²) in [5.74, 6) is 0.611. The van der Waals surface area contributed by atoms with Crippen LogP contribution in [0.3, 0.4) is 0 Å². The highest BCUT2D eigenvalue weighted by Gasteiger charge is 1.91. The average Bonchev–Trinajstić information content (AvgIpc) is 1.95. The highest BCUT2D eigenvalue weighted by atomic mass is 31.1. The molecule has 0 bridgehead atoms. The summed E-state index contributed by atoms with van der Waals surface area (Å²) < 4.78 is 25.1. The monoisotopic (exact) mass is 194 g/mol. The van der Waals surface area contributed by atoms with E-state index >= 15 is 0 Å². The molecular weight excluding hydrogens is 179 g/mol. The largest absolute Gasteiger partial charge is 0.473 e. The molecule has 12 heavy (non-hydrogen) atoms. The van der Waals surface area contributed by atoms with Crippen molar-refractivity contribution in [2.24, 2.45) is 0 Å². The maximum absolute atomic E-state index is 10.4. The van der Waals surface area contributed by atoms with Crippen LogP contribution in [-0.4, -0.2) is 26.7 Å². The number of rotatable bonds is 7. The van der Waals surface area contributed by atoms with E-state index in [0.717, 1.165) is 0 Å². The Morgan fingerprint density at radius 1 is 1.50 bits per heavy atom. The van der Waals surface area contributed by atoms with Gasteiger partial charge >= 0.3 is 0 Å². The van der Waals surface area contributed by atoms with Crippen molar-refractivity contribution in [3.8, 4) is 0 Å². The SMILES string of the molecule is C=C(C)OCOCCO[PH](C)=O. The average molecular weight is 194 g/mol. The van der Waals surface area contributed by atoms with Crippen LogP contribution in [0.2, 0.25) is 0 Å². The smallest absolute Gasteiger partial charge is 0.188 e. The highest BCUT2D eigenvalue weighted by Crippen LogP contribution is 2.13. The molecule has 0 radical (unpaired) electrons. The molecule has 1 atom stereocenters. The summed E-state index contributed by atoms with van der Waals surface area (Å²) in [7, 11) is -1.83. The Hall–Kier alpha value is -0.310. The van der Waals surface area contributed by atoms with Gasteiger partial charge in [-0.2, -0.15) is 0 Å². The molecule has 0 saturated heterocycles. The molecule has 0 aromatic heterocycles. The van der Waals surface area contributed by atoms with E-state index in [2.05, 4.69) is 6.58 Å². The third kappa shape index (κ3) is 9.69. The quantitative estimate of drug-likeness (QED) is 0.267. The second-order valence-corrected chi connectivity index (χ2v) is 3.48. The van der Waals surface area contributed by atoms with Crippen molar-refractivity contribution < 1.29 is 18.6 Å². The van der Waals surface area contributed by atoms with E-state index in [1.807, 2.05) is 0 Å². The molecule has 0 rings (SSSR count). The summed E-state index contributed by atoms with van der Waals surface area (Å²) in [6, 6.07) is 0. The minimum Gasteiger partial charge on any atom is -0.473 e. The van der Waals surface area contributed by atoms with E-state index in [4.69, 9.17) is 14.0 Å². The van der Waals surface area contributed by atoms with Crippen molar-refractivity contribution in [3.05, 3.63) is 12.3 Å². The molecular formula is C7H15O4P. The highest BCUT2D eigenvalue weighted by molar-refractivity contribution is 7.38. The van der Waals surface area contributed by atoms with E-state index in [1.54, 1.807) is 6.92 Å². The van der Waals surface area contributed by atoms with Gasteiger partial charge in [0.05, 0.1) is 19.0 Å². The molecule has 0 saturated carbocycles. The molecule has 1 unspecified atom stereocenters. The van der Waals surface area contributed by atoms with Crippen molar-refractivity contribution in [1.29, 1.82) is 0 Å². The molecule has 0 amide bonds. The fraction of sp³-hybridized carbons (Fsp3) is 0.714. The first-order chi connectivity index (χ1) is 5.63.